The van der Waals surface area contributed by atoms with E-state index in [1.54, 1.807) is 25.3 Å². The number of nitrogens with one attached hydrogen (secondary N) is 2. The third kappa shape index (κ3) is 3.40. The Morgan fingerprint density at radius 3 is 2.61 bits per heavy atom. The highest BCUT2D eigenvalue weighted by Gasteiger charge is 2.13. The number of carbonyl (C=O) groups excluding carboxylic acids is 1. The highest BCUT2D eigenvalue weighted by atomic mass is 79.9. The van der Waals surface area contributed by atoms with E-state index >= 15 is 0 Å². The summed E-state index contributed by atoms with van der Waals surface area (Å²) in [6.45, 7) is 0. The second kappa shape index (κ2) is 6.62. The minimum Gasteiger partial charge on any atom is -0.497 e. The van der Waals surface area contributed by atoms with Crippen molar-refractivity contribution in [3.8, 4) is 17.1 Å². The summed E-state index contributed by atoms with van der Waals surface area (Å²) in [6, 6.07) is 14.5. The normalized spacial score (nSPS) is 10.3. The largest absolute Gasteiger partial charge is 0.497 e. The van der Waals surface area contributed by atoms with Crippen LogP contribution in [0.15, 0.2) is 53.0 Å². The molecule has 23 heavy (non-hydrogen) atoms. The molecule has 7 heteroatoms. The second-order valence-electron chi connectivity index (χ2n) is 4.67. The third-order valence-electron chi connectivity index (χ3n) is 3.19. The molecule has 0 spiro atoms. The first kappa shape index (κ1) is 15.2. The number of H-pyrrole nitrogens is 1. The molecule has 2 aromatic carbocycles. The van der Waals surface area contributed by atoms with Crippen molar-refractivity contribution in [1.29, 1.82) is 0 Å². The Hall–Kier alpha value is -2.67. The smallest absolute Gasteiger partial charge is 0.259 e. The summed E-state index contributed by atoms with van der Waals surface area (Å²) in [5.41, 5.74) is 1.36. The highest BCUT2D eigenvalue weighted by molar-refractivity contribution is 9.10. The molecular weight excluding hydrogens is 360 g/mol. The molecule has 0 bridgehead atoms. The van der Waals surface area contributed by atoms with Gasteiger partial charge in [-0.3, -0.25) is 15.2 Å². The van der Waals surface area contributed by atoms with Crippen molar-refractivity contribution in [2.45, 2.75) is 0 Å². The highest BCUT2D eigenvalue weighted by Crippen LogP contribution is 2.21. The molecule has 2 N–H and O–H groups in total. The Kier molecular flexibility index (Phi) is 4.38. The Morgan fingerprint density at radius 2 is 1.91 bits per heavy atom. The van der Waals surface area contributed by atoms with E-state index < -0.39 is 0 Å². The monoisotopic (exact) mass is 372 g/mol. The summed E-state index contributed by atoms with van der Waals surface area (Å²) in [5.74, 6) is 1.26. The number of carbonyl (C=O) groups is 1. The lowest BCUT2D eigenvalue weighted by Gasteiger charge is -2.02. The van der Waals surface area contributed by atoms with Gasteiger partial charge >= 0.3 is 0 Å². The van der Waals surface area contributed by atoms with Gasteiger partial charge in [0.25, 0.3) is 5.91 Å². The summed E-state index contributed by atoms with van der Waals surface area (Å²) in [6.07, 6.45) is 0. The molecule has 6 nitrogen and oxygen atoms in total. The fraction of sp³-hybridized carbons (Fsp3) is 0.0625. The minimum absolute atomic E-state index is 0.219. The molecule has 0 aliphatic rings. The van der Waals surface area contributed by atoms with Crippen molar-refractivity contribution in [2.24, 2.45) is 0 Å². The van der Waals surface area contributed by atoms with Crippen molar-refractivity contribution in [3.63, 3.8) is 0 Å². The molecule has 3 aromatic rings. The SMILES string of the molecule is COc1ccc(-c2nc(NC(=O)c3ccccc3Br)n[nH]2)cc1. The van der Waals surface area contributed by atoms with E-state index in [-0.39, 0.29) is 11.9 Å². The zero-order valence-electron chi connectivity index (χ0n) is 12.2. The minimum atomic E-state index is -0.280. The molecule has 0 saturated carbocycles. The molecule has 1 amide bonds. The van der Waals surface area contributed by atoms with E-state index in [0.717, 1.165) is 11.3 Å². The summed E-state index contributed by atoms with van der Waals surface area (Å²) in [4.78, 5) is 16.5. The summed E-state index contributed by atoms with van der Waals surface area (Å²) in [5, 5.41) is 9.48. The van der Waals surface area contributed by atoms with Crippen LogP contribution in [0.2, 0.25) is 0 Å². The van der Waals surface area contributed by atoms with Crippen LogP contribution in [-0.2, 0) is 0 Å². The van der Waals surface area contributed by atoms with Gasteiger partial charge in [0.1, 0.15) is 5.75 Å². The van der Waals surface area contributed by atoms with Crippen LogP contribution in [0.25, 0.3) is 11.4 Å². The summed E-state index contributed by atoms with van der Waals surface area (Å²) >= 11 is 3.34. The average Bonchev–Trinajstić information content (AvgIpc) is 3.03. The third-order valence-corrected chi connectivity index (χ3v) is 3.88. The number of aromatic nitrogens is 3. The Balaban J connectivity index is 1.76. The number of ether oxygens (including phenoxy) is 1. The lowest BCUT2D eigenvalue weighted by atomic mass is 10.2. The number of rotatable bonds is 4. The van der Waals surface area contributed by atoms with Gasteiger partial charge in [-0.25, -0.2) is 0 Å². The molecule has 116 valence electrons. The molecule has 1 aromatic heterocycles. The van der Waals surface area contributed by atoms with Crippen LogP contribution >= 0.6 is 15.9 Å². The number of aromatic amines is 1. The molecular formula is C16H13BrN4O2. The second-order valence-corrected chi connectivity index (χ2v) is 5.52. The molecule has 0 unspecified atom stereocenters. The maximum Gasteiger partial charge on any atom is 0.259 e. The quantitative estimate of drug-likeness (QED) is 0.734. The van der Waals surface area contributed by atoms with Crippen molar-refractivity contribution in [1.82, 2.24) is 15.2 Å². The number of benzene rings is 2. The fourth-order valence-corrected chi connectivity index (χ4v) is 2.47. The number of halogens is 1. The number of nitrogens with zero attached hydrogens (tertiary/aromatic N) is 2. The van der Waals surface area contributed by atoms with Crippen LogP contribution in [0.5, 0.6) is 5.75 Å². The number of hydrogen-bond acceptors (Lipinski definition) is 4. The fourth-order valence-electron chi connectivity index (χ4n) is 2.01. The van der Waals surface area contributed by atoms with Gasteiger partial charge in [-0.05, 0) is 52.3 Å². The van der Waals surface area contributed by atoms with Gasteiger partial charge in [-0.15, -0.1) is 5.10 Å². The van der Waals surface area contributed by atoms with E-state index in [2.05, 4.69) is 36.4 Å². The van der Waals surface area contributed by atoms with Crippen LogP contribution in [0.4, 0.5) is 5.95 Å². The maximum atomic E-state index is 12.2. The molecule has 0 atom stereocenters. The van der Waals surface area contributed by atoms with Crippen LogP contribution in [0.1, 0.15) is 10.4 Å². The van der Waals surface area contributed by atoms with Gasteiger partial charge < -0.3 is 4.74 Å². The standard InChI is InChI=1S/C16H13BrN4O2/c1-23-11-8-6-10(7-9-11)14-18-16(21-20-14)19-15(22)12-4-2-3-5-13(12)17/h2-9H,1H3,(H2,18,19,20,21,22). The zero-order chi connectivity index (χ0) is 16.2. The lowest BCUT2D eigenvalue weighted by Crippen LogP contribution is -2.13. The van der Waals surface area contributed by atoms with Gasteiger partial charge in [0, 0.05) is 10.0 Å². The molecule has 0 fully saturated rings. The van der Waals surface area contributed by atoms with Gasteiger partial charge in [-0.1, -0.05) is 12.1 Å². The van der Waals surface area contributed by atoms with Crippen LogP contribution < -0.4 is 10.1 Å². The van der Waals surface area contributed by atoms with Crippen molar-refractivity contribution in [3.05, 3.63) is 58.6 Å². The number of hydrogen-bond donors (Lipinski definition) is 2. The number of methoxy groups -OCH3 is 1. The van der Waals surface area contributed by atoms with Gasteiger partial charge in [-0.2, -0.15) is 4.98 Å². The van der Waals surface area contributed by atoms with Crippen LogP contribution in [0.3, 0.4) is 0 Å². The summed E-state index contributed by atoms with van der Waals surface area (Å²) < 4.78 is 5.83. The maximum absolute atomic E-state index is 12.2. The topological polar surface area (TPSA) is 79.9 Å². The van der Waals surface area contributed by atoms with E-state index in [1.165, 1.54) is 0 Å². The Morgan fingerprint density at radius 1 is 1.17 bits per heavy atom. The van der Waals surface area contributed by atoms with Crippen molar-refractivity contribution in [2.75, 3.05) is 12.4 Å². The molecule has 0 aliphatic carbocycles. The van der Waals surface area contributed by atoms with E-state index in [9.17, 15) is 4.79 Å². The Labute approximate surface area is 141 Å². The zero-order valence-corrected chi connectivity index (χ0v) is 13.8. The average molecular weight is 373 g/mol. The molecule has 0 saturated heterocycles. The predicted molar refractivity (Wildman–Crippen MR) is 90.5 cm³/mol. The number of anilines is 1. The van der Waals surface area contributed by atoms with Crippen molar-refractivity contribution >= 4 is 27.8 Å². The first-order chi connectivity index (χ1) is 11.2. The molecule has 1 heterocycles. The molecule has 0 aliphatic heterocycles. The Bertz CT molecular complexity index is 830. The van der Waals surface area contributed by atoms with Crippen LogP contribution in [0, 0.1) is 0 Å². The van der Waals surface area contributed by atoms with E-state index in [1.807, 2.05) is 30.3 Å². The van der Waals surface area contributed by atoms with E-state index in [4.69, 9.17) is 4.74 Å². The van der Waals surface area contributed by atoms with Gasteiger partial charge in [0.15, 0.2) is 5.82 Å². The van der Waals surface area contributed by atoms with Gasteiger partial charge in [0.05, 0.1) is 12.7 Å². The van der Waals surface area contributed by atoms with Crippen LogP contribution in [-0.4, -0.2) is 28.2 Å². The summed E-state index contributed by atoms with van der Waals surface area (Å²) in [7, 11) is 1.61. The first-order valence-electron chi connectivity index (χ1n) is 6.80. The van der Waals surface area contributed by atoms with Crippen molar-refractivity contribution < 1.29 is 9.53 Å². The van der Waals surface area contributed by atoms with Gasteiger partial charge in [0.2, 0.25) is 5.95 Å². The molecule has 0 radical (unpaired) electrons. The number of amides is 1. The van der Waals surface area contributed by atoms with E-state index in [0.29, 0.717) is 15.9 Å². The molecule has 3 rings (SSSR count). The predicted octanol–water partition coefficient (Wildman–Crippen LogP) is 3.50. The first-order valence-corrected chi connectivity index (χ1v) is 7.59. The lowest BCUT2D eigenvalue weighted by molar-refractivity contribution is 0.102.